The topological polar surface area (TPSA) is 35.8 Å². The molecule has 0 aromatic carbocycles. The molecule has 0 radical (unpaired) electrons. The average Bonchev–Trinajstić information content (AvgIpc) is 2.15. The van der Waals surface area contributed by atoms with Crippen LogP contribution in [0.5, 0.6) is 0 Å². The van der Waals surface area contributed by atoms with Gasteiger partial charge >= 0.3 is 0 Å². The van der Waals surface area contributed by atoms with Crippen LogP contribution in [-0.4, -0.2) is 12.1 Å². The summed E-state index contributed by atoms with van der Waals surface area (Å²) in [7, 11) is 0. The quantitative estimate of drug-likeness (QED) is 0.650. The van der Waals surface area contributed by atoms with Crippen molar-refractivity contribution in [1.82, 2.24) is 5.32 Å². The summed E-state index contributed by atoms with van der Waals surface area (Å²) >= 11 is 0. The summed E-state index contributed by atoms with van der Waals surface area (Å²) in [6, 6.07) is 2.38. The van der Waals surface area contributed by atoms with Crippen molar-refractivity contribution >= 4 is 0 Å². The Morgan fingerprint density at radius 2 is 2.46 bits per heavy atom. The van der Waals surface area contributed by atoms with Crippen LogP contribution in [0.25, 0.3) is 0 Å². The first-order chi connectivity index (χ1) is 6.22. The fourth-order valence-corrected chi connectivity index (χ4v) is 2.07. The summed E-state index contributed by atoms with van der Waals surface area (Å²) in [5.41, 5.74) is -0.343. The van der Waals surface area contributed by atoms with Gasteiger partial charge in [0, 0.05) is 0 Å². The summed E-state index contributed by atoms with van der Waals surface area (Å²) in [5, 5.41) is 12.3. The molecule has 1 N–H and O–H groups in total. The van der Waals surface area contributed by atoms with E-state index >= 15 is 0 Å². The predicted molar refractivity (Wildman–Crippen MR) is 52.8 cm³/mol. The minimum atomic E-state index is -0.343. The zero-order chi connectivity index (χ0) is 9.73. The van der Waals surface area contributed by atoms with Gasteiger partial charge in [-0.05, 0) is 18.8 Å². The van der Waals surface area contributed by atoms with Gasteiger partial charge in [-0.15, -0.1) is 6.42 Å². The van der Waals surface area contributed by atoms with Crippen molar-refractivity contribution < 1.29 is 0 Å². The highest BCUT2D eigenvalue weighted by Crippen LogP contribution is 2.31. The molecule has 0 aliphatic heterocycles. The number of hydrogen-bond donors (Lipinski definition) is 1. The fraction of sp³-hybridized carbons (Fsp3) is 0.727. The van der Waals surface area contributed by atoms with Gasteiger partial charge in [0.25, 0.3) is 0 Å². The molecule has 1 aliphatic carbocycles. The van der Waals surface area contributed by atoms with Crippen LogP contribution in [-0.2, 0) is 0 Å². The molecule has 1 aliphatic rings. The van der Waals surface area contributed by atoms with Crippen molar-refractivity contribution in [1.29, 1.82) is 5.26 Å². The molecule has 0 bridgehead atoms. The zero-order valence-electron chi connectivity index (χ0n) is 8.14. The predicted octanol–water partition coefficient (Wildman–Crippen LogP) is 1.68. The molecule has 1 rings (SSSR count). The third kappa shape index (κ3) is 2.47. The minimum absolute atomic E-state index is 0.343. The smallest absolute Gasteiger partial charge is 0.107 e. The van der Waals surface area contributed by atoms with E-state index in [9.17, 15) is 0 Å². The Morgan fingerprint density at radius 1 is 1.69 bits per heavy atom. The van der Waals surface area contributed by atoms with Gasteiger partial charge in [0.15, 0.2) is 0 Å². The lowest BCUT2D eigenvalue weighted by Crippen LogP contribution is -2.47. The molecule has 0 spiro atoms. The van der Waals surface area contributed by atoms with Crippen LogP contribution in [0.4, 0.5) is 0 Å². The van der Waals surface area contributed by atoms with E-state index in [1.807, 2.05) is 0 Å². The Kier molecular flexibility index (Phi) is 3.34. The first-order valence-electron chi connectivity index (χ1n) is 4.82. The van der Waals surface area contributed by atoms with E-state index < -0.39 is 0 Å². The lowest BCUT2D eigenvalue weighted by atomic mass is 9.77. The van der Waals surface area contributed by atoms with Crippen molar-refractivity contribution in [2.75, 3.05) is 6.54 Å². The summed E-state index contributed by atoms with van der Waals surface area (Å²) in [5.74, 6) is 3.16. The highest BCUT2D eigenvalue weighted by molar-refractivity contribution is 5.11. The number of rotatable bonds is 2. The third-order valence-corrected chi connectivity index (χ3v) is 2.74. The number of nitrogens with zero attached hydrogens (tertiary/aromatic N) is 1. The maximum Gasteiger partial charge on any atom is 0.107 e. The van der Waals surface area contributed by atoms with Crippen LogP contribution in [0, 0.1) is 29.6 Å². The third-order valence-electron chi connectivity index (χ3n) is 2.74. The Hall–Kier alpha value is -0.990. The lowest BCUT2D eigenvalue weighted by molar-refractivity contribution is 0.249. The molecule has 0 heterocycles. The SMILES string of the molecule is C#CCNC1(C#N)CCCC(C)C1. The highest BCUT2D eigenvalue weighted by atomic mass is 15.0. The minimum Gasteiger partial charge on any atom is -0.288 e. The highest BCUT2D eigenvalue weighted by Gasteiger charge is 2.34. The average molecular weight is 176 g/mol. The normalized spacial score (nSPS) is 33.3. The van der Waals surface area contributed by atoms with Crippen LogP contribution in [0.3, 0.4) is 0 Å². The van der Waals surface area contributed by atoms with Crippen molar-refractivity contribution in [3.63, 3.8) is 0 Å². The largest absolute Gasteiger partial charge is 0.288 e. The first kappa shape index (κ1) is 10.1. The molecule has 0 aromatic heterocycles. The van der Waals surface area contributed by atoms with Crippen molar-refractivity contribution in [3.05, 3.63) is 0 Å². The molecular formula is C11H16N2. The number of terminal acetylenes is 1. The second kappa shape index (κ2) is 4.30. The molecule has 1 fully saturated rings. The molecule has 0 aromatic rings. The van der Waals surface area contributed by atoms with Gasteiger partial charge in [-0.1, -0.05) is 25.7 Å². The van der Waals surface area contributed by atoms with Crippen molar-refractivity contribution in [2.45, 2.75) is 38.1 Å². The number of hydrogen-bond acceptors (Lipinski definition) is 2. The van der Waals surface area contributed by atoms with E-state index in [1.165, 1.54) is 6.42 Å². The molecule has 13 heavy (non-hydrogen) atoms. The number of nitriles is 1. The molecule has 70 valence electrons. The fourth-order valence-electron chi connectivity index (χ4n) is 2.07. The van der Waals surface area contributed by atoms with Gasteiger partial charge in [-0.3, -0.25) is 5.32 Å². The summed E-state index contributed by atoms with van der Waals surface area (Å²) in [6.45, 7) is 2.70. The maximum absolute atomic E-state index is 9.10. The molecule has 0 saturated heterocycles. The molecule has 1 saturated carbocycles. The molecular weight excluding hydrogens is 160 g/mol. The second-order valence-electron chi connectivity index (χ2n) is 3.95. The maximum atomic E-state index is 9.10. The van der Waals surface area contributed by atoms with Gasteiger partial charge in [0.1, 0.15) is 5.54 Å². The standard InChI is InChI=1S/C11H16N2/c1-3-7-13-11(9-12)6-4-5-10(2)8-11/h1,10,13H,4-8H2,2H3. The van der Waals surface area contributed by atoms with Gasteiger partial charge < -0.3 is 0 Å². The zero-order valence-corrected chi connectivity index (χ0v) is 8.14. The Bertz CT molecular complexity index is 246. The first-order valence-corrected chi connectivity index (χ1v) is 4.82. The summed E-state index contributed by atoms with van der Waals surface area (Å²) < 4.78 is 0. The molecule has 0 amide bonds. The van der Waals surface area contributed by atoms with Crippen LogP contribution in [0.1, 0.15) is 32.6 Å². The van der Waals surface area contributed by atoms with Gasteiger partial charge in [-0.2, -0.15) is 5.26 Å². The Balaban J connectivity index is 2.59. The van der Waals surface area contributed by atoms with E-state index in [0.29, 0.717) is 12.5 Å². The van der Waals surface area contributed by atoms with E-state index in [2.05, 4.69) is 24.2 Å². The molecule has 2 atom stereocenters. The molecule has 2 nitrogen and oxygen atoms in total. The van der Waals surface area contributed by atoms with Gasteiger partial charge in [0.05, 0.1) is 12.6 Å². The van der Waals surface area contributed by atoms with Crippen LogP contribution < -0.4 is 5.32 Å². The van der Waals surface area contributed by atoms with Gasteiger partial charge in [0.2, 0.25) is 0 Å². The second-order valence-corrected chi connectivity index (χ2v) is 3.95. The van der Waals surface area contributed by atoms with Crippen LogP contribution in [0.2, 0.25) is 0 Å². The van der Waals surface area contributed by atoms with E-state index in [-0.39, 0.29) is 5.54 Å². The van der Waals surface area contributed by atoms with E-state index in [4.69, 9.17) is 11.7 Å². The van der Waals surface area contributed by atoms with Crippen molar-refractivity contribution in [3.8, 4) is 18.4 Å². The Labute approximate surface area is 80.3 Å². The van der Waals surface area contributed by atoms with Crippen molar-refractivity contribution in [2.24, 2.45) is 5.92 Å². The molecule has 2 unspecified atom stereocenters. The van der Waals surface area contributed by atoms with E-state index in [0.717, 1.165) is 19.3 Å². The van der Waals surface area contributed by atoms with Gasteiger partial charge in [-0.25, -0.2) is 0 Å². The van der Waals surface area contributed by atoms with Crippen LogP contribution in [0.15, 0.2) is 0 Å². The molecule has 2 heteroatoms. The van der Waals surface area contributed by atoms with Crippen LogP contribution >= 0.6 is 0 Å². The Morgan fingerprint density at radius 3 is 3.00 bits per heavy atom. The number of nitrogens with one attached hydrogen (secondary N) is 1. The monoisotopic (exact) mass is 176 g/mol. The van der Waals surface area contributed by atoms with E-state index in [1.54, 1.807) is 0 Å². The summed E-state index contributed by atoms with van der Waals surface area (Å²) in [6.07, 6.45) is 9.42. The lowest BCUT2D eigenvalue weighted by Gasteiger charge is -2.34. The summed E-state index contributed by atoms with van der Waals surface area (Å²) in [4.78, 5) is 0.